The molecule has 21 heavy (non-hydrogen) atoms. The van der Waals surface area contributed by atoms with Crippen molar-refractivity contribution in [3.63, 3.8) is 0 Å². The molecule has 0 bridgehead atoms. The molecule has 0 aliphatic heterocycles. The molecule has 0 heterocycles. The van der Waals surface area contributed by atoms with Crippen molar-refractivity contribution in [2.45, 2.75) is 52.2 Å². The SMILES string of the molecule is CCOC(=O)C(CC)Oc1ccc(Br)c(CC(N)CC)c1. The number of ether oxygens (including phenoxy) is 2. The Hall–Kier alpha value is -1.07. The number of hydrogen-bond donors (Lipinski definition) is 1. The van der Waals surface area contributed by atoms with E-state index in [-0.39, 0.29) is 12.0 Å². The second kappa shape index (κ2) is 9.05. The average Bonchev–Trinajstić information content (AvgIpc) is 2.47. The minimum atomic E-state index is -0.571. The van der Waals surface area contributed by atoms with Crippen molar-refractivity contribution in [1.29, 1.82) is 0 Å². The lowest BCUT2D eigenvalue weighted by molar-refractivity contribution is -0.151. The summed E-state index contributed by atoms with van der Waals surface area (Å²) in [6.07, 6.45) is 1.68. The molecule has 0 spiro atoms. The van der Waals surface area contributed by atoms with E-state index in [1.54, 1.807) is 6.92 Å². The maximum Gasteiger partial charge on any atom is 0.347 e. The molecular weight excluding hydrogens is 334 g/mol. The minimum absolute atomic E-state index is 0.114. The third-order valence-corrected chi connectivity index (χ3v) is 4.00. The zero-order chi connectivity index (χ0) is 15.8. The summed E-state index contributed by atoms with van der Waals surface area (Å²) < 4.78 is 11.8. The molecule has 0 saturated carbocycles. The number of rotatable bonds is 8. The van der Waals surface area contributed by atoms with Gasteiger partial charge in [0.15, 0.2) is 6.10 Å². The van der Waals surface area contributed by atoms with Crippen LogP contribution in [0.1, 0.15) is 39.2 Å². The molecule has 1 aromatic rings. The first kappa shape index (κ1) is 18.0. The fourth-order valence-corrected chi connectivity index (χ4v) is 2.31. The van der Waals surface area contributed by atoms with E-state index in [9.17, 15) is 4.79 Å². The molecule has 0 aliphatic carbocycles. The van der Waals surface area contributed by atoms with E-state index in [1.165, 1.54) is 0 Å². The topological polar surface area (TPSA) is 61.5 Å². The van der Waals surface area contributed by atoms with Gasteiger partial charge in [-0.25, -0.2) is 4.79 Å². The Morgan fingerprint density at radius 3 is 2.57 bits per heavy atom. The largest absolute Gasteiger partial charge is 0.479 e. The molecule has 4 nitrogen and oxygen atoms in total. The number of benzene rings is 1. The van der Waals surface area contributed by atoms with E-state index in [0.29, 0.717) is 18.8 Å². The highest BCUT2D eigenvalue weighted by Crippen LogP contribution is 2.25. The van der Waals surface area contributed by atoms with E-state index in [1.807, 2.05) is 25.1 Å². The third kappa shape index (κ3) is 5.67. The lowest BCUT2D eigenvalue weighted by Gasteiger charge is -2.17. The van der Waals surface area contributed by atoms with Crippen molar-refractivity contribution in [2.75, 3.05) is 6.61 Å². The van der Waals surface area contributed by atoms with Crippen molar-refractivity contribution in [3.05, 3.63) is 28.2 Å². The smallest absolute Gasteiger partial charge is 0.347 e. The van der Waals surface area contributed by atoms with Crippen LogP contribution >= 0.6 is 15.9 Å². The van der Waals surface area contributed by atoms with Crippen LogP contribution in [0.25, 0.3) is 0 Å². The third-order valence-electron chi connectivity index (χ3n) is 3.22. The minimum Gasteiger partial charge on any atom is -0.479 e. The van der Waals surface area contributed by atoms with Crippen LogP contribution in [0, 0.1) is 0 Å². The first-order valence-corrected chi connectivity index (χ1v) is 8.18. The Morgan fingerprint density at radius 1 is 1.29 bits per heavy atom. The van der Waals surface area contributed by atoms with Crippen LogP contribution in [-0.2, 0) is 16.0 Å². The monoisotopic (exact) mass is 357 g/mol. The molecule has 0 fully saturated rings. The molecule has 0 saturated heterocycles. The summed E-state index contributed by atoms with van der Waals surface area (Å²) >= 11 is 3.52. The van der Waals surface area contributed by atoms with Crippen molar-refractivity contribution >= 4 is 21.9 Å². The highest BCUT2D eigenvalue weighted by Gasteiger charge is 2.20. The molecular formula is C16H24BrNO3. The fraction of sp³-hybridized carbons (Fsp3) is 0.562. The van der Waals surface area contributed by atoms with E-state index in [4.69, 9.17) is 15.2 Å². The number of hydrogen-bond acceptors (Lipinski definition) is 4. The van der Waals surface area contributed by atoms with Crippen molar-refractivity contribution in [3.8, 4) is 5.75 Å². The molecule has 5 heteroatoms. The predicted molar refractivity (Wildman–Crippen MR) is 87.5 cm³/mol. The van der Waals surface area contributed by atoms with Crippen molar-refractivity contribution in [1.82, 2.24) is 0 Å². The van der Waals surface area contributed by atoms with Gasteiger partial charge in [0.2, 0.25) is 0 Å². The van der Waals surface area contributed by atoms with Gasteiger partial charge in [0.25, 0.3) is 0 Å². The Bertz CT molecular complexity index is 465. The van der Waals surface area contributed by atoms with E-state index >= 15 is 0 Å². The molecule has 0 radical (unpaired) electrons. The lowest BCUT2D eigenvalue weighted by Crippen LogP contribution is -2.28. The van der Waals surface area contributed by atoms with Crippen LogP contribution in [0.2, 0.25) is 0 Å². The first-order valence-electron chi connectivity index (χ1n) is 7.39. The zero-order valence-corrected chi connectivity index (χ0v) is 14.5. The quantitative estimate of drug-likeness (QED) is 0.723. The van der Waals surface area contributed by atoms with Crippen LogP contribution in [0.3, 0.4) is 0 Å². The van der Waals surface area contributed by atoms with Gasteiger partial charge in [-0.3, -0.25) is 0 Å². The molecule has 2 atom stereocenters. The molecule has 2 N–H and O–H groups in total. The summed E-state index contributed by atoms with van der Waals surface area (Å²) in [5.74, 6) is 0.339. The average molecular weight is 358 g/mol. The summed E-state index contributed by atoms with van der Waals surface area (Å²) in [5.41, 5.74) is 7.09. The summed E-state index contributed by atoms with van der Waals surface area (Å²) in [5, 5.41) is 0. The van der Waals surface area contributed by atoms with Gasteiger partial charge in [-0.05, 0) is 49.9 Å². The Morgan fingerprint density at radius 2 is 2.00 bits per heavy atom. The van der Waals surface area contributed by atoms with Crippen LogP contribution in [0.15, 0.2) is 22.7 Å². The number of carbonyl (C=O) groups excluding carboxylic acids is 1. The van der Waals surface area contributed by atoms with Gasteiger partial charge in [0.05, 0.1) is 6.61 Å². The zero-order valence-electron chi connectivity index (χ0n) is 12.9. The fourth-order valence-electron chi connectivity index (χ4n) is 1.91. The van der Waals surface area contributed by atoms with Gasteiger partial charge in [0.1, 0.15) is 5.75 Å². The number of esters is 1. The standard InChI is InChI=1S/C16H24BrNO3/c1-4-12(18)9-11-10-13(7-8-14(11)17)21-15(5-2)16(19)20-6-3/h7-8,10,12,15H,4-6,9,18H2,1-3H3. The molecule has 118 valence electrons. The maximum atomic E-state index is 11.8. The second-order valence-electron chi connectivity index (χ2n) is 4.89. The summed E-state index contributed by atoms with van der Waals surface area (Å²) in [6.45, 7) is 6.10. The molecule has 0 aliphatic rings. The molecule has 1 aromatic carbocycles. The van der Waals surface area contributed by atoms with Crippen molar-refractivity contribution < 1.29 is 14.3 Å². The molecule has 0 aromatic heterocycles. The van der Waals surface area contributed by atoms with Gasteiger partial charge in [-0.2, -0.15) is 0 Å². The number of halogens is 1. The summed E-state index contributed by atoms with van der Waals surface area (Å²) in [7, 11) is 0. The van der Waals surface area contributed by atoms with Crippen LogP contribution in [-0.4, -0.2) is 24.7 Å². The highest BCUT2D eigenvalue weighted by atomic mass is 79.9. The molecule has 0 amide bonds. The lowest BCUT2D eigenvalue weighted by atomic mass is 10.0. The predicted octanol–water partition coefficient (Wildman–Crippen LogP) is 3.45. The Balaban J connectivity index is 2.83. The first-order chi connectivity index (χ1) is 10.0. The highest BCUT2D eigenvalue weighted by molar-refractivity contribution is 9.10. The Labute approximate surface area is 135 Å². The normalized spacial score (nSPS) is 13.6. The van der Waals surface area contributed by atoms with Crippen LogP contribution < -0.4 is 10.5 Å². The van der Waals surface area contributed by atoms with Gasteiger partial charge in [-0.1, -0.05) is 29.8 Å². The Kier molecular flexibility index (Phi) is 7.75. The second-order valence-corrected chi connectivity index (χ2v) is 5.75. The van der Waals surface area contributed by atoms with Gasteiger partial charge < -0.3 is 15.2 Å². The number of carbonyl (C=O) groups is 1. The van der Waals surface area contributed by atoms with Crippen LogP contribution in [0.5, 0.6) is 5.75 Å². The van der Waals surface area contributed by atoms with Crippen molar-refractivity contribution in [2.24, 2.45) is 5.73 Å². The van der Waals surface area contributed by atoms with E-state index in [2.05, 4.69) is 22.9 Å². The molecule has 1 rings (SSSR count). The number of nitrogens with two attached hydrogens (primary N) is 1. The van der Waals surface area contributed by atoms with Gasteiger partial charge in [-0.15, -0.1) is 0 Å². The van der Waals surface area contributed by atoms with E-state index in [0.717, 1.165) is 22.9 Å². The maximum absolute atomic E-state index is 11.8. The van der Waals surface area contributed by atoms with Gasteiger partial charge in [0, 0.05) is 10.5 Å². The summed E-state index contributed by atoms with van der Waals surface area (Å²) in [4.78, 5) is 11.8. The van der Waals surface area contributed by atoms with Gasteiger partial charge >= 0.3 is 5.97 Å². The van der Waals surface area contributed by atoms with Crippen LogP contribution in [0.4, 0.5) is 0 Å². The van der Waals surface area contributed by atoms with E-state index < -0.39 is 6.10 Å². The summed E-state index contributed by atoms with van der Waals surface area (Å²) in [6, 6.07) is 5.81. The molecule has 2 unspecified atom stereocenters.